The minimum Gasteiger partial charge on any atom is -0.340 e. The fraction of sp³-hybridized carbons (Fsp3) is 0.435. The largest absolute Gasteiger partial charge is 0.340 e. The molecule has 5 rings (SSSR count). The first-order valence-electron chi connectivity index (χ1n) is 10.8. The summed E-state index contributed by atoms with van der Waals surface area (Å²) in [6.07, 6.45) is 11.9. The molecule has 0 unspecified atom stereocenters. The Morgan fingerprint density at radius 1 is 1.17 bits per heavy atom. The lowest BCUT2D eigenvalue weighted by molar-refractivity contribution is 0.359. The number of nitrogens with zero attached hydrogens (tertiary/aromatic N) is 5. The molecule has 0 radical (unpaired) electrons. The zero-order valence-electron chi connectivity index (χ0n) is 17.6. The van der Waals surface area contributed by atoms with Crippen LogP contribution in [-0.4, -0.2) is 49.6 Å². The Labute approximate surface area is 175 Å². The molecular weight excluding hydrogens is 376 g/mol. The second-order valence-electron chi connectivity index (χ2n) is 8.62. The SMILES string of the molecule is CN(C)CCn1cc(-c2ccc3c(c2)ncn3C2CCCCC2)c2nc[nH]c(=O)c21. The van der Waals surface area contributed by atoms with Gasteiger partial charge in [-0.3, -0.25) is 4.79 Å². The molecule has 0 bridgehead atoms. The molecule has 0 saturated heterocycles. The summed E-state index contributed by atoms with van der Waals surface area (Å²) < 4.78 is 4.36. The van der Waals surface area contributed by atoms with Crippen LogP contribution in [0.4, 0.5) is 0 Å². The lowest BCUT2D eigenvalue weighted by Gasteiger charge is -2.23. The Bertz CT molecular complexity index is 1240. The summed E-state index contributed by atoms with van der Waals surface area (Å²) in [5, 5.41) is 0. The third-order valence-corrected chi connectivity index (χ3v) is 6.30. The number of hydrogen-bond acceptors (Lipinski definition) is 4. The number of H-pyrrole nitrogens is 1. The Hall–Kier alpha value is -2.93. The maximum absolute atomic E-state index is 12.5. The van der Waals surface area contributed by atoms with Crippen molar-refractivity contribution in [2.75, 3.05) is 20.6 Å². The molecule has 1 N–H and O–H groups in total. The molecule has 4 aromatic rings. The lowest BCUT2D eigenvalue weighted by atomic mass is 9.95. The predicted octanol–water partition coefficient (Wildman–Crippen LogP) is 3.81. The van der Waals surface area contributed by atoms with Crippen LogP contribution in [0.1, 0.15) is 38.1 Å². The summed E-state index contributed by atoms with van der Waals surface area (Å²) in [6, 6.07) is 6.99. The van der Waals surface area contributed by atoms with Crippen molar-refractivity contribution in [3.8, 4) is 11.1 Å². The van der Waals surface area contributed by atoms with Gasteiger partial charge < -0.3 is 19.0 Å². The van der Waals surface area contributed by atoms with E-state index in [9.17, 15) is 4.79 Å². The van der Waals surface area contributed by atoms with Gasteiger partial charge in [-0.05, 0) is 44.6 Å². The van der Waals surface area contributed by atoms with E-state index in [1.165, 1.54) is 43.9 Å². The van der Waals surface area contributed by atoms with E-state index in [0.29, 0.717) is 11.6 Å². The van der Waals surface area contributed by atoms with Crippen molar-refractivity contribution in [2.24, 2.45) is 0 Å². The highest BCUT2D eigenvalue weighted by Crippen LogP contribution is 2.33. The summed E-state index contributed by atoms with van der Waals surface area (Å²) in [7, 11) is 4.07. The summed E-state index contributed by atoms with van der Waals surface area (Å²) >= 11 is 0. The molecule has 1 saturated carbocycles. The van der Waals surface area contributed by atoms with Crippen LogP contribution in [0, 0.1) is 0 Å². The van der Waals surface area contributed by atoms with Crippen molar-refractivity contribution in [3.63, 3.8) is 0 Å². The highest BCUT2D eigenvalue weighted by molar-refractivity contribution is 5.94. The Morgan fingerprint density at radius 3 is 2.80 bits per heavy atom. The van der Waals surface area contributed by atoms with Crippen molar-refractivity contribution >= 4 is 22.1 Å². The predicted molar refractivity (Wildman–Crippen MR) is 120 cm³/mol. The molecule has 0 aliphatic heterocycles. The summed E-state index contributed by atoms with van der Waals surface area (Å²) in [5.74, 6) is 0. The van der Waals surface area contributed by atoms with Crippen molar-refractivity contribution in [2.45, 2.75) is 44.7 Å². The third-order valence-electron chi connectivity index (χ3n) is 6.30. The number of rotatable bonds is 5. The molecule has 1 aromatic carbocycles. The van der Waals surface area contributed by atoms with Crippen LogP contribution in [0.5, 0.6) is 0 Å². The highest BCUT2D eigenvalue weighted by Gasteiger charge is 2.19. The maximum Gasteiger partial charge on any atom is 0.275 e. The number of aromatic amines is 1. The van der Waals surface area contributed by atoms with E-state index in [4.69, 9.17) is 4.98 Å². The van der Waals surface area contributed by atoms with Gasteiger partial charge in [0.1, 0.15) is 11.0 Å². The fourth-order valence-corrected chi connectivity index (χ4v) is 4.68. The molecule has 1 aliphatic rings. The van der Waals surface area contributed by atoms with Gasteiger partial charge in [-0.1, -0.05) is 25.3 Å². The van der Waals surface area contributed by atoms with E-state index in [1.54, 1.807) is 0 Å². The quantitative estimate of drug-likeness (QED) is 0.549. The van der Waals surface area contributed by atoms with Crippen LogP contribution >= 0.6 is 0 Å². The van der Waals surface area contributed by atoms with Crippen molar-refractivity contribution in [3.05, 3.63) is 47.4 Å². The molecule has 30 heavy (non-hydrogen) atoms. The number of benzene rings is 1. The molecule has 1 fully saturated rings. The average molecular weight is 405 g/mol. The first-order chi connectivity index (χ1) is 14.6. The minimum atomic E-state index is -0.104. The number of aromatic nitrogens is 5. The van der Waals surface area contributed by atoms with Crippen LogP contribution in [-0.2, 0) is 6.54 Å². The second-order valence-corrected chi connectivity index (χ2v) is 8.62. The Balaban J connectivity index is 1.58. The van der Waals surface area contributed by atoms with Gasteiger partial charge >= 0.3 is 0 Å². The number of likely N-dealkylation sites (N-methyl/N-ethyl adjacent to an activating group) is 1. The zero-order chi connectivity index (χ0) is 20.7. The van der Waals surface area contributed by atoms with Gasteiger partial charge in [0.25, 0.3) is 5.56 Å². The summed E-state index contributed by atoms with van der Waals surface area (Å²) in [6.45, 7) is 1.58. The van der Waals surface area contributed by atoms with Crippen molar-refractivity contribution in [1.29, 1.82) is 0 Å². The van der Waals surface area contributed by atoms with Gasteiger partial charge in [-0.25, -0.2) is 9.97 Å². The zero-order valence-corrected chi connectivity index (χ0v) is 17.6. The van der Waals surface area contributed by atoms with Gasteiger partial charge in [-0.2, -0.15) is 0 Å². The number of hydrogen-bond donors (Lipinski definition) is 1. The van der Waals surface area contributed by atoms with Crippen molar-refractivity contribution in [1.82, 2.24) is 29.0 Å². The second kappa shape index (κ2) is 7.72. The molecule has 0 amide bonds. The average Bonchev–Trinajstić information content (AvgIpc) is 3.35. The van der Waals surface area contributed by atoms with E-state index >= 15 is 0 Å². The van der Waals surface area contributed by atoms with E-state index in [2.05, 4.69) is 43.8 Å². The molecule has 0 spiro atoms. The number of imidazole rings is 1. The van der Waals surface area contributed by atoms with Gasteiger partial charge in [0.05, 0.1) is 23.7 Å². The normalized spacial score (nSPS) is 15.6. The van der Waals surface area contributed by atoms with Crippen LogP contribution in [0.15, 0.2) is 41.8 Å². The standard InChI is InChI=1S/C23H28N6O/c1-27(2)10-11-28-13-18(21-22(28)23(30)25-14-24-21)16-8-9-20-19(12-16)26-15-29(20)17-6-4-3-5-7-17/h8-9,12-15,17H,3-7,10-11H2,1-2H3,(H,24,25,30). The fourth-order valence-electron chi connectivity index (χ4n) is 4.68. The number of fused-ring (bicyclic) bond motifs is 2. The first-order valence-corrected chi connectivity index (χ1v) is 10.8. The summed E-state index contributed by atoms with van der Waals surface area (Å²) in [4.78, 5) is 26.6. The van der Waals surface area contributed by atoms with Crippen LogP contribution in [0.25, 0.3) is 33.2 Å². The third kappa shape index (κ3) is 3.33. The van der Waals surface area contributed by atoms with E-state index < -0.39 is 0 Å². The Kier molecular flexibility index (Phi) is 4.90. The van der Waals surface area contributed by atoms with E-state index in [1.807, 2.05) is 25.0 Å². The topological polar surface area (TPSA) is 71.7 Å². The maximum atomic E-state index is 12.5. The minimum absolute atomic E-state index is 0.104. The summed E-state index contributed by atoms with van der Waals surface area (Å²) in [5.41, 5.74) is 5.47. The van der Waals surface area contributed by atoms with Crippen LogP contribution < -0.4 is 5.56 Å². The van der Waals surface area contributed by atoms with Gasteiger partial charge in [-0.15, -0.1) is 0 Å². The highest BCUT2D eigenvalue weighted by atomic mass is 16.1. The van der Waals surface area contributed by atoms with E-state index in [-0.39, 0.29) is 5.56 Å². The van der Waals surface area contributed by atoms with Gasteiger partial charge in [0.2, 0.25) is 0 Å². The molecule has 1 aliphatic carbocycles. The van der Waals surface area contributed by atoms with Crippen LogP contribution in [0.2, 0.25) is 0 Å². The smallest absolute Gasteiger partial charge is 0.275 e. The monoisotopic (exact) mass is 404 g/mol. The van der Waals surface area contributed by atoms with Crippen molar-refractivity contribution < 1.29 is 0 Å². The first kappa shape index (κ1) is 19.1. The molecule has 156 valence electrons. The molecule has 7 nitrogen and oxygen atoms in total. The Morgan fingerprint density at radius 2 is 2.00 bits per heavy atom. The van der Waals surface area contributed by atoms with Crippen LogP contribution in [0.3, 0.4) is 0 Å². The lowest BCUT2D eigenvalue weighted by Crippen LogP contribution is -2.20. The molecule has 7 heteroatoms. The molecule has 3 heterocycles. The molecule has 3 aromatic heterocycles. The molecular formula is C23H28N6O. The molecule has 0 atom stereocenters. The van der Waals surface area contributed by atoms with Gasteiger partial charge in [0.15, 0.2) is 0 Å². The van der Waals surface area contributed by atoms with E-state index in [0.717, 1.165) is 35.2 Å². The van der Waals surface area contributed by atoms with Gasteiger partial charge in [0, 0.05) is 30.9 Å². The number of nitrogens with one attached hydrogen (secondary N) is 1.